The van der Waals surface area contributed by atoms with E-state index < -0.39 is 0 Å². The average molecular weight is 266 g/mol. The molecule has 0 aliphatic heterocycles. The summed E-state index contributed by atoms with van der Waals surface area (Å²) in [5.41, 5.74) is 5.96. The molecule has 1 aromatic rings. The van der Waals surface area contributed by atoms with E-state index >= 15 is 0 Å². The molecule has 102 valence electrons. The van der Waals surface area contributed by atoms with Gasteiger partial charge in [-0.05, 0) is 31.4 Å². The monoisotopic (exact) mass is 266 g/mol. The summed E-state index contributed by atoms with van der Waals surface area (Å²) in [5.74, 6) is 0. The molecular formula is C15H26N2S. The van der Waals surface area contributed by atoms with Crippen molar-refractivity contribution in [3.05, 3.63) is 21.9 Å². The second kappa shape index (κ2) is 7.27. The number of thiophene rings is 1. The lowest BCUT2D eigenvalue weighted by Gasteiger charge is -2.23. The van der Waals surface area contributed by atoms with Gasteiger partial charge in [-0.3, -0.25) is 0 Å². The zero-order valence-corrected chi connectivity index (χ0v) is 12.3. The molecule has 0 aromatic carbocycles. The Morgan fingerprint density at radius 1 is 1.28 bits per heavy atom. The van der Waals surface area contributed by atoms with Gasteiger partial charge in [0.15, 0.2) is 0 Å². The largest absolute Gasteiger partial charge is 0.329 e. The van der Waals surface area contributed by atoms with Crippen LogP contribution in [0.4, 0.5) is 0 Å². The van der Waals surface area contributed by atoms with Gasteiger partial charge < -0.3 is 11.1 Å². The van der Waals surface area contributed by atoms with Crippen LogP contribution in [-0.4, -0.2) is 12.6 Å². The van der Waals surface area contributed by atoms with Gasteiger partial charge in [0, 0.05) is 22.3 Å². The van der Waals surface area contributed by atoms with E-state index in [4.69, 9.17) is 5.73 Å². The topological polar surface area (TPSA) is 38.0 Å². The van der Waals surface area contributed by atoms with E-state index in [1.807, 2.05) is 11.3 Å². The first-order chi connectivity index (χ1) is 8.83. The van der Waals surface area contributed by atoms with Gasteiger partial charge in [0.2, 0.25) is 0 Å². The Morgan fingerprint density at radius 2 is 2.00 bits per heavy atom. The van der Waals surface area contributed by atoms with Crippen LogP contribution in [0.5, 0.6) is 0 Å². The minimum absolute atomic E-state index is 0.360. The van der Waals surface area contributed by atoms with E-state index in [1.54, 1.807) is 0 Å². The van der Waals surface area contributed by atoms with Gasteiger partial charge in [0.1, 0.15) is 0 Å². The van der Waals surface area contributed by atoms with Crippen LogP contribution in [-0.2, 0) is 6.42 Å². The first kappa shape index (κ1) is 14.0. The Kier molecular flexibility index (Phi) is 5.67. The van der Waals surface area contributed by atoms with Gasteiger partial charge in [0.25, 0.3) is 0 Å². The van der Waals surface area contributed by atoms with Crippen LogP contribution in [0.15, 0.2) is 12.1 Å². The highest BCUT2D eigenvalue weighted by atomic mass is 32.1. The molecule has 18 heavy (non-hydrogen) atoms. The summed E-state index contributed by atoms with van der Waals surface area (Å²) in [6.45, 7) is 2.92. The molecule has 0 bridgehead atoms. The number of hydrogen-bond acceptors (Lipinski definition) is 3. The van der Waals surface area contributed by atoms with Gasteiger partial charge in [-0.1, -0.05) is 32.6 Å². The number of nitrogens with two attached hydrogens (primary N) is 1. The molecule has 1 aliphatic carbocycles. The summed E-state index contributed by atoms with van der Waals surface area (Å²) in [7, 11) is 0. The molecule has 2 nitrogen and oxygen atoms in total. The fraction of sp³-hybridized carbons (Fsp3) is 0.733. The molecule has 1 heterocycles. The van der Waals surface area contributed by atoms with E-state index in [2.05, 4.69) is 24.4 Å². The van der Waals surface area contributed by atoms with Crippen molar-refractivity contribution >= 4 is 11.3 Å². The summed E-state index contributed by atoms with van der Waals surface area (Å²) in [5, 5.41) is 3.78. The Labute approximate surface area is 115 Å². The minimum Gasteiger partial charge on any atom is -0.329 e. The van der Waals surface area contributed by atoms with Gasteiger partial charge in [-0.2, -0.15) is 0 Å². The smallest absolute Gasteiger partial charge is 0.0541 e. The SMILES string of the molecule is CCc1ccc(C(CN)NC2CCCCCC2)s1. The molecule has 3 heteroatoms. The molecule has 1 aliphatic rings. The van der Waals surface area contributed by atoms with Crippen molar-refractivity contribution in [3.8, 4) is 0 Å². The maximum absolute atomic E-state index is 5.96. The Balaban J connectivity index is 1.95. The van der Waals surface area contributed by atoms with E-state index in [-0.39, 0.29) is 0 Å². The third kappa shape index (κ3) is 3.81. The first-order valence-corrected chi connectivity index (χ1v) is 8.20. The Hall–Kier alpha value is -0.380. The number of hydrogen-bond donors (Lipinski definition) is 2. The van der Waals surface area contributed by atoms with Gasteiger partial charge in [0.05, 0.1) is 6.04 Å². The molecule has 1 saturated carbocycles. The summed E-state index contributed by atoms with van der Waals surface area (Å²) in [6.07, 6.45) is 9.34. The van der Waals surface area contributed by atoms with Crippen molar-refractivity contribution in [1.82, 2.24) is 5.32 Å². The summed E-state index contributed by atoms with van der Waals surface area (Å²) >= 11 is 1.92. The fourth-order valence-electron chi connectivity index (χ4n) is 2.77. The van der Waals surface area contributed by atoms with E-state index in [0.717, 1.165) is 6.42 Å². The fourth-order valence-corrected chi connectivity index (χ4v) is 3.79. The van der Waals surface area contributed by atoms with Crippen LogP contribution in [0.25, 0.3) is 0 Å². The van der Waals surface area contributed by atoms with Crippen LogP contribution in [0, 0.1) is 0 Å². The number of nitrogens with one attached hydrogen (secondary N) is 1. The van der Waals surface area contributed by atoms with Crippen molar-refractivity contribution in [2.45, 2.75) is 64.0 Å². The van der Waals surface area contributed by atoms with Gasteiger partial charge in [-0.15, -0.1) is 11.3 Å². The van der Waals surface area contributed by atoms with Crippen molar-refractivity contribution in [2.75, 3.05) is 6.54 Å². The highest BCUT2D eigenvalue weighted by Crippen LogP contribution is 2.26. The van der Waals surface area contributed by atoms with Crippen molar-refractivity contribution in [3.63, 3.8) is 0 Å². The maximum atomic E-state index is 5.96. The number of aryl methyl sites for hydroxylation is 1. The summed E-state index contributed by atoms with van der Waals surface area (Å²) in [6, 6.07) is 5.54. The number of rotatable bonds is 5. The predicted octanol–water partition coefficient (Wildman–Crippen LogP) is 3.62. The summed E-state index contributed by atoms with van der Waals surface area (Å²) in [4.78, 5) is 2.88. The van der Waals surface area contributed by atoms with E-state index in [9.17, 15) is 0 Å². The third-order valence-corrected chi connectivity index (χ3v) is 5.25. The molecule has 1 aromatic heterocycles. The van der Waals surface area contributed by atoms with Gasteiger partial charge >= 0.3 is 0 Å². The quantitative estimate of drug-likeness (QED) is 0.799. The van der Waals surface area contributed by atoms with Crippen LogP contribution in [0.3, 0.4) is 0 Å². The molecular weight excluding hydrogens is 240 g/mol. The van der Waals surface area contributed by atoms with Crippen molar-refractivity contribution in [2.24, 2.45) is 5.73 Å². The zero-order chi connectivity index (χ0) is 12.8. The standard InChI is InChI=1S/C15H26N2S/c1-2-13-9-10-15(18-13)14(11-16)17-12-7-5-3-4-6-8-12/h9-10,12,14,17H,2-8,11,16H2,1H3. The summed E-state index contributed by atoms with van der Waals surface area (Å²) < 4.78 is 0. The highest BCUT2D eigenvalue weighted by Gasteiger charge is 2.18. The van der Waals surface area contributed by atoms with Gasteiger partial charge in [-0.25, -0.2) is 0 Å². The highest BCUT2D eigenvalue weighted by molar-refractivity contribution is 7.12. The maximum Gasteiger partial charge on any atom is 0.0541 e. The second-order valence-electron chi connectivity index (χ2n) is 5.30. The molecule has 0 amide bonds. The molecule has 3 N–H and O–H groups in total. The van der Waals surface area contributed by atoms with E-state index in [0.29, 0.717) is 18.6 Å². The molecule has 0 saturated heterocycles. The molecule has 1 fully saturated rings. The lowest BCUT2D eigenvalue weighted by Crippen LogP contribution is -2.36. The molecule has 2 rings (SSSR count). The zero-order valence-electron chi connectivity index (χ0n) is 11.5. The van der Waals surface area contributed by atoms with Crippen LogP contribution in [0.1, 0.15) is 61.2 Å². The second-order valence-corrected chi connectivity index (χ2v) is 6.50. The lowest BCUT2D eigenvalue weighted by molar-refractivity contribution is 0.405. The minimum atomic E-state index is 0.360. The average Bonchev–Trinajstić information content (AvgIpc) is 2.73. The lowest BCUT2D eigenvalue weighted by atomic mass is 10.1. The van der Waals surface area contributed by atoms with Crippen LogP contribution < -0.4 is 11.1 Å². The molecule has 1 unspecified atom stereocenters. The van der Waals surface area contributed by atoms with E-state index in [1.165, 1.54) is 48.3 Å². The predicted molar refractivity (Wildman–Crippen MR) is 80.1 cm³/mol. The third-order valence-electron chi connectivity index (χ3n) is 3.90. The van der Waals surface area contributed by atoms with Crippen LogP contribution in [0.2, 0.25) is 0 Å². The van der Waals surface area contributed by atoms with Crippen LogP contribution >= 0.6 is 11.3 Å². The molecule has 0 radical (unpaired) electrons. The molecule has 1 atom stereocenters. The normalized spacial score (nSPS) is 19.7. The van der Waals surface area contributed by atoms with Crippen molar-refractivity contribution < 1.29 is 0 Å². The molecule has 0 spiro atoms. The first-order valence-electron chi connectivity index (χ1n) is 7.38. The van der Waals surface area contributed by atoms with Crippen molar-refractivity contribution in [1.29, 1.82) is 0 Å². The Morgan fingerprint density at radius 3 is 2.56 bits per heavy atom. The Bertz CT molecular complexity index is 340.